The first kappa shape index (κ1) is 20.1. The summed E-state index contributed by atoms with van der Waals surface area (Å²) in [4.78, 5) is 21.5. The molecule has 0 bridgehead atoms. The van der Waals surface area contributed by atoms with Crippen molar-refractivity contribution in [2.75, 3.05) is 33.3 Å². The van der Waals surface area contributed by atoms with Gasteiger partial charge in [-0.1, -0.05) is 5.16 Å². The molecule has 0 saturated carbocycles. The maximum atomic E-state index is 12.9. The van der Waals surface area contributed by atoms with E-state index in [1.54, 1.807) is 11.8 Å². The third kappa shape index (κ3) is 3.93. The smallest absolute Gasteiger partial charge is 0.257 e. The van der Waals surface area contributed by atoms with Crippen molar-refractivity contribution in [3.8, 4) is 17.1 Å². The molecule has 2 aromatic heterocycles. The number of aryl methyl sites for hydroxylation is 2. The van der Waals surface area contributed by atoms with Gasteiger partial charge in [0.25, 0.3) is 5.91 Å². The first-order chi connectivity index (χ1) is 14.5. The highest BCUT2D eigenvalue weighted by atomic mass is 16.5. The number of carbonyl (C=O) groups is 1. The SMILES string of the molecule is COc1ccc(-c2noc(CN3CCN(C(=O)c4c(C)nn(C)c4C)CC3)n2)cc1. The van der Waals surface area contributed by atoms with Crippen molar-refractivity contribution in [3.05, 3.63) is 47.1 Å². The van der Waals surface area contributed by atoms with Crippen molar-refractivity contribution in [1.29, 1.82) is 0 Å². The van der Waals surface area contributed by atoms with Crippen LogP contribution >= 0.6 is 0 Å². The van der Waals surface area contributed by atoms with Gasteiger partial charge in [-0.3, -0.25) is 14.4 Å². The van der Waals surface area contributed by atoms with E-state index in [2.05, 4.69) is 20.1 Å². The van der Waals surface area contributed by atoms with Crippen LogP contribution < -0.4 is 4.74 Å². The van der Waals surface area contributed by atoms with Crippen molar-refractivity contribution in [1.82, 2.24) is 29.7 Å². The number of methoxy groups -OCH3 is 1. The van der Waals surface area contributed by atoms with Gasteiger partial charge in [-0.2, -0.15) is 10.1 Å². The van der Waals surface area contributed by atoms with Gasteiger partial charge in [0.05, 0.1) is 24.9 Å². The van der Waals surface area contributed by atoms with Crippen LogP contribution in [0, 0.1) is 13.8 Å². The maximum absolute atomic E-state index is 12.9. The number of benzene rings is 1. The van der Waals surface area contributed by atoms with Crippen LogP contribution in [-0.4, -0.2) is 68.9 Å². The summed E-state index contributed by atoms with van der Waals surface area (Å²) in [5, 5.41) is 8.44. The standard InChI is InChI=1S/C21H26N6O3/c1-14-19(15(2)25(3)23-14)21(28)27-11-9-26(10-12-27)13-18-22-20(24-30-18)16-5-7-17(29-4)8-6-16/h5-8H,9-13H2,1-4H3. The molecule has 9 nitrogen and oxygen atoms in total. The Morgan fingerprint density at radius 2 is 1.83 bits per heavy atom. The number of aromatic nitrogens is 4. The number of carbonyl (C=O) groups excluding carboxylic acids is 1. The Hall–Kier alpha value is -3.20. The topological polar surface area (TPSA) is 89.5 Å². The molecule has 9 heteroatoms. The molecule has 1 fully saturated rings. The molecule has 0 radical (unpaired) electrons. The lowest BCUT2D eigenvalue weighted by Gasteiger charge is -2.34. The first-order valence-electron chi connectivity index (χ1n) is 9.95. The first-order valence-corrected chi connectivity index (χ1v) is 9.95. The second kappa shape index (κ2) is 8.27. The summed E-state index contributed by atoms with van der Waals surface area (Å²) in [5.41, 5.74) is 3.27. The van der Waals surface area contributed by atoms with E-state index >= 15 is 0 Å². The van der Waals surface area contributed by atoms with E-state index in [0.717, 1.165) is 35.8 Å². The molecule has 4 rings (SSSR count). The summed E-state index contributed by atoms with van der Waals surface area (Å²) in [7, 11) is 3.50. The number of ether oxygens (including phenoxy) is 1. The molecule has 30 heavy (non-hydrogen) atoms. The molecular weight excluding hydrogens is 384 g/mol. The van der Waals surface area contributed by atoms with Crippen molar-refractivity contribution >= 4 is 5.91 Å². The van der Waals surface area contributed by atoms with Gasteiger partial charge in [0.1, 0.15) is 5.75 Å². The molecule has 3 heterocycles. The Bertz CT molecular complexity index is 1030. The largest absolute Gasteiger partial charge is 0.497 e. The highest BCUT2D eigenvalue weighted by Crippen LogP contribution is 2.21. The third-order valence-electron chi connectivity index (χ3n) is 5.56. The lowest BCUT2D eigenvalue weighted by atomic mass is 10.1. The molecule has 3 aromatic rings. The minimum absolute atomic E-state index is 0.0531. The molecular formula is C21H26N6O3. The van der Waals surface area contributed by atoms with Crippen LogP contribution in [-0.2, 0) is 13.6 Å². The molecule has 0 unspecified atom stereocenters. The summed E-state index contributed by atoms with van der Waals surface area (Å²) in [6.07, 6.45) is 0. The summed E-state index contributed by atoms with van der Waals surface area (Å²) in [6, 6.07) is 7.54. The van der Waals surface area contributed by atoms with Gasteiger partial charge in [0, 0.05) is 44.5 Å². The van der Waals surface area contributed by atoms with Crippen LogP contribution in [0.3, 0.4) is 0 Å². The van der Waals surface area contributed by atoms with E-state index in [1.807, 2.05) is 50.1 Å². The number of hydrogen-bond acceptors (Lipinski definition) is 7. The Balaban J connectivity index is 1.35. The average molecular weight is 410 g/mol. The van der Waals surface area contributed by atoms with E-state index in [0.29, 0.717) is 36.9 Å². The number of piperazine rings is 1. The molecule has 0 N–H and O–H groups in total. The van der Waals surface area contributed by atoms with Gasteiger partial charge < -0.3 is 14.2 Å². The zero-order chi connectivity index (χ0) is 21.3. The van der Waals surface area contributed by atoms with E-state index < -0.39 is 0 Å². The molecule has 1 saturated heterocycles. The predicted molar refractivity (Wildman–Crippen MR) is 110 cm³/mol. The van der Waals surface area contributed by atoms with Crippen molar-refractivity contribution < 1.29 is 14.1 Å². The molecule has 1 amide bonds. The number of hydrogen-bond donors (Lipinski definition) is 0. The molecule has 158 valence electrons. The lowest BCUT2D eigenvalue weighted by molar-refractivity contribution is 0.0613. The third-order valence-corrected chi connectivity index (χ3v) is 5.56. The zero-order valence-electron chi connectivity index (χ0n) is 17.8. The second-order valence-corrected chi connectivity index (χ2v) is 7.48. The van der Waals surface area contributed by atoms with E-state index in [9.17, 15) is 4.79 Å². The Morgan fingerprint density at radius 3 is 2.43 bits per heavy atom. The lowest BCUT2D eigenvalue weighted by Crippen LogP contribution is -2.48. The van der Waals surface area contributed by atoms with Crippen LogP contribution in [0.5, 0.6) is 5.75 Å². The van der Waals surface area contributed by atoms with Crippen LogP contribution in [0.25, 0.3) is 11.4 Å². The fourth-order valence-electron chi connectivity index (χ4n) is 3.72. The Morgan fingerprint density at radius 1 is 1.13 bits per heavy atom. The van der Waals surface area contributed by atoms with Gasteiger partial charge in [-0.05, 0) is 38.1 Å². The minimum Gasteiger partial charge on any atom is -0.497 e. The second-order valence-electron chi connectivity index (χ2n) is 7.48. The molecule has 0 aliphatic carbocycles. The van der Waals surface area contributed by atoms with Gasteiger partial charge in [-0.25, -0.2) is 0 Å². The van der Waals surface area contributed by atoms with Crippen LogP contribution in [0.2, 0.25) is 0 Å². The van der Waals surface area contributed by atoms with Crippen LogP contribution in [0.4, 0.5) is 0 Å². The van der Waals surface area contributed by atoms with Crippen molar-refractivity contribution in [2.45, 2.75) is 20.4 Å². The van der Waals surface area contributed by atoms with E-state index in [4.69, 9.17) is 9.26 Å². The molecule has 1 aliphatic heterocycles. The van der Waals surface area contributed by atoms with Gasteiger partial charge >= 0.3 is 0 Å². The van der Waals surface area contributed by atoms with Crippen molar-refractivity contribution in [2.24, 2.45) is 7.05 Å². The van der Waals surface area contributed by atoms with Crippen molar-refractivity contribution in [3.63, 3.8) is 0 Å². The monoisotopic (exact) mass is 410 g/mol. The molecule has 0 atom stereocenters. The van der Waals surface area contributed by atoms with E-state index in [1.165, 1.54) is 0 Å². The molecule has 1 aromatic carbocycles. The van der Waals surface area contributed by atoms with Crippen LogP contribution in [0.15, 0.2) is 28.8 Å². The average Bonchev–Trinajstić information content (AvgIpc) is 3.32. The summed E-state index contributed by atoms with van der Waals surface area (Å²) in [5.74, 6) is 1.97. The van der Waals surface area contributed by atoms with Gasteiger partial charge in [-0.15, -0.1) is 0 Å². The number of nitrogens with zero attached hydrogens (tertiary/aromatic N) is 6. The number of rotatable bonds is 5. The minimum atomic E-state index is 0.0531. The maximum Gasteiger partial charge on any atom is 0.257 e. The van der Waals surface area contributed by atoms with E-state index in [-0.39, 0.29) is 5.91 Å². The van der Waals surface area contributed by atoms with Gasteiger partial charge in [0.2, 0.25) is 11.7 Å². The number of amides is 1. The molecule has 1 aliphatic rings. The Labute approximate surface area is 175 Å². The van der Waals surface area contributed by atoms with Crippen LogP contribution in [0.1, 0.15) is 27.6 Å². The predicted octanol–water partition coefficient (Wildman–Crippen LogP) is 2.05. The summed E-state index contributed by atoms with van der Waals surface area (Å²) in [6.45, 7) is 7.20. The molecule has 0 spiro atoms. The fraction of sp³-hybridized carbons (Fsp3) is 0.429. The summed E-state index contributed by atoms with van der Waals surface area (Å²) < 4.78 is 12.4. The zero-order valence-corrected chi connectivity index (χ0v) is 17.8. The fourth-order valence-corrected chi connectivity index (χ4v) is 3.72. The highest BCUT2D eigenvalue weighted by Gasteiger charge is 2.27. The normalized spacial score (nSPS) is 14.9. The Kier molecular flexibility index (Phi) is 5.54. The van der Waals surface area contributed by atoms with Gasteiger partial charge in [0.15, 0.2) is 0 Å². The quantitative estimate of drug-likeness (QED) is 0.636. The highest BCUT2D eigenvalue weighted by molar-refractivity contribution is 5.96. The summed E-state index contributed by atoms with van der Waals surface area (Å²) >= 11 is 0.